The Morgan fingerprint density at radius 2 is 1.88 bits per heavy atom. The summed E-state index contributed by atoms with van der Waals surface area (Å²) >= 11 is 0. The molecular weight excluding hydrogens is 316 g/mol. The van der Waals surface area contributed by atoms with Crippen molar-refractivity contribution in [2.75, 3.05) is 7.11 Å². The second kappa shape index (κ2) is 7.61. The number of hydrogen-bond acceptors (Lipinski definition) is 5. The van der Waals surface area contributed by atoms with Crippen molar-refractivity contribution < 1.29 is 9.47 Å². The zero-order chi connectivity index (χ0) is 17.6. The molecule has 3 rings (SSSR count). The molecule has 6 heteroatoms. The number of nitrogens with zero attached hydrogens (tertiary/aromatic N) is 4. The van der Waals surface area contributed by atoms with Crippen molar-refractivity contribution in [3.63, 3.8) is 0 Å². The lowest BCUT2D eigenvalue weighted by Crippen LogP contribution is -2.01. The number of rotatable bonds is 6. The van der Waals surface area contributed by atoms with Crippen molar-refractivity contribution in [1.29, 1.82) is 0 Å². The smallest absolute Gasteiger partial charge is 0.141 e. The van der Waals surface area contributed by atoms with Gasteiger partial charge in [-0.2, -0.15) is 5.10 Å². The average Bonchev–Trinajstić information content (AvgIpc) is 3.15. The average molecular weight is 336 g/mol. The summed E-state index contributed by atoms with van der Waals surface area (Å²) in [6.07, 6.45) is 4.80. The van der Waals surface area contributed by atoms with E-state index >= 15 is 0 Å². The Balaban J connectivity index is 1.79. The van der Waals surface area contributed by atoms with Crippen LogP contribution in [0.1, 0.15) is 22.3 Å². The van der Waals surface area contributed by atoms with Crippen LogP contribution in [0.5, 0.6) is 11.5 Å². The Labute approximate surface area is 146 Å². The lowest BCUT2D eigenvalue weighted by Gasteiger charge is -2.13. The Morgan fingerprint density at radius 3 is 2.64 bits per heavy atom. The molecule has 0 fully saturated rings. The molecule has 2 aromatic carbocycles. The quantitative estimate of drug-likeness (QED) is 0.648. The van der Waals surface area contributed by atoms with Crippen molar-refractivity contribution in [2.45, 2.75) is 20.5 Å². The molecule has 0 spiro atoms. The van der Waals surface area contributed by atoms with Gasteiger partial charge in [0.1, 0.15) is 30.8 Å². The van der Waals surface area contributed by atoms with Crippen molar-refractivity contribution in [3.05, 3.63) is 71.3 Å². The predicted molar refractivity (Wildman–Crippen MR) is 96.3 cm³/mol. The molecule has 0 aliphatic rings. The topological polar surface area (TPSA) is 61.5 Å². The van der Waals surface area contributed by atoms with E-state index in [2.05, 4.69) is 35.2 Å². The van der Waals surface area contributed by atoms with Gasteiger partial charge in [0, 0.05) is 5.56 Å². The molecule has 0 bridgehead atoms. The zero-order valence-corrected chi connectivity index (χ0v) is 14.5. The van der Waals surface area contributed by atoms with Gasteiger partial charge in [0.05, 0.1) is 13.3 Å². The molecule has 0 saturated heterocycles. The van der Waals surface area contributed by atoms with Crippen molar-refractivity contribution >= 4 is 6.21 Å². The first kappa shape index (κ1) is 16.7. The van der Waals surface area contributed by atoms with E-state index in [9.17, 15) is 0 Å². The molecule has 0 saturated carbocycles. The summed E-state index contributed by atoms with van der Waals surface area (Å²) in [5, 5.41) is 11.7. The molecule has 1 heterocycles. The van der Waals surface area contributed by atoms with Crippen LogP contribution in [0.4, 0.5) is 0 Å². The highest BCUT2D eigenvalue weighted by Gasteiger charge is 2.07. The normalized spacial score (nSPS) is 11.0. The van der Waals surface area contributed by atoms with Crippen molar-refractivity contribution in [1.82, 2.24) is 14.9 Å². The molecule has 25 heavy (non-hydrogen) atoms. The van der Waals surface area contributed by atoms with Gasteiger partial charge in [-0.15, -0.1) is 10.2 Å². The molecule has 0 amide bonds. The molecule has 1 aromatic heterocycles. The standard InChI is InChI=1S/C19H20N4O2/c1-14-5-4-6-18(15(14)2)25-11-17-9-16(7-8-19(17)24-3)10-22-23-12-20-21-13-23/h4-10,12-13H,11H2,1-3H3. The van der Waals surface area contributed by atoms with E-state index in [0.717, 1.165) is 28.2 Å². The maximum Gasteiger partial charge on any atom is 0.141 e. The van der Waals surface area contributed by atoms with Crippen LogP contribution in [0.25, 0.3) is 0 Å². The molecule has 0 unspecified atom stereocenters. The second-order valence-electron chi connectivity index (χ2n) is 5.64. The van der Waals surface area contributed by atoms with Crippen LogP contribution >= 0.6 is 0 Å². The van der Waals surface area contributed by atoms with E-state index in [1.807, 2.05) is 30.3 Å². The van der Waals surface area contributed by atoms with Gasteiger partial charge in [-0.05, 0) is 54.8 Å². The summed E-state index contributed by atoms with van der Waals surface area (Å²) in [6, 6.07) is 11.9. The van der Waals surface area contributed by atoms with E-state index in [-0.39, 0.29) is 0 Å². The third kappa shape index (κ3) is 4.03. The number of methoxy groups -OCH3 is 1. The third-order valence-electron chi connectivity index (χ3n) is 3.99. The van der Waals surface area contributed by atoms with E-state index in [1.54, 1.807) is 13.3 Å². The molecule has 0 atom stereocenters. The number of benzene rings is 2. The summed E-state index contributed by atoms with van der Waals surface area (Å²) in [4.78, 5) is 0. The minimum atomic E-state index is 0.418. The van der Waals surface area contributed by atoms with Gasteiger partial charge in [0.25, 0.3) is 0 Å². The van der Waals surface area contributed by atoms with Crippen molar-refractivity contribution in [3.8, 4) is 11.5 Å². The number of aryl methyl sites for hydroxylation is 1. The van der Waals surface area contributed by atoms with Crippen molar-refractivity contribution in [2.24, 2.45) is 5.10 Å². The molecule has 0 radical (unpaired) electrons. The lowest BCUT2D eigenvalue weighted by molar-refractivity contribution is 0.294. The van der Waals surface area contributed by atoms with Gasteiger partial charge < -0.3 is 9.47 Å². The number of hydrogen-bond donors (Lipinski definition) is 0. The monoisotopic (exact) mass is 336 g/mol. The maximum atomic E-state index is 6.00. The first-order valence-electron chi connectivity index (χ1n) is 7.92. The summed E-state index contributed by atoms with van der Waals surface area (Å²) in [5.41, 5.74) is 4.25. The van der Waals surface area contributed by atoms with Gasteiger partial charge in [0.2, 0.25) is 0 Å². The SMILES string of the molecule is COc1ccc(C=Nn2cnnc2)cc1COc1cccc(C)c1C. The van der Waals surface area contributed by atoms with Gasteiger partial charge in [-0.1, -0.05) is 12.1 Å². The minimum Gasteiger partial charge on any atom is -0.496 e. The van der Waals surface area contributed by atoms with Crippen LogP contribution in [0.3, 0.4) is 0 Å². The Kier molecular flexibility index (Phi) is 5.09. The Bertz CT molecular complexity index is 873. The third-order valence-corrected chi connectivity index (χ3v) is 3.99. The summed E-state index contributed by atoms with van der Waals surface area (Å²) in [5.74, 6) is 1.66. The molecular formula is C19H20N4O2. The fourth-order valence-electron chi connectivity index (χ4n) is 2.42. The summed E-state index contributed by atoms with van der Waals surface area (Å²) < 4.78 is 13.0. The molecule has 0 aliphatic carbocycles. The van der Waals surface area contributed by atoms with Crippen LogP contribution < -0.4 is 9.47 Å². The first-order chi connectivity index (χ1) is 12.2. The molecule has 6 nitrogen and oxygen atoms in total. The fourth-order valence-corrected chi connectivity index (χ4v) is 2.42. The van der Waals surface area contributed by atoms with Gasteiger partial charge in [-0.3, -0.25) is 0 Å². The minimum absolute atomic E-state index is 0.418. The zero-order valence-electron chi connectivity index (χ0n) is 14.5. The van der Waals surface area contributed by atoms with E-state index in [1.165, 1.54) is 22.9 Å². The first-order valence-corrected chi connectivity index (χ1v) is 7.92. The second-order valence-corrected chi connectivity index (χ2v) is 5.64. The van der Waals surface area contributed by atoms with E-state index < -0.39 is 0 Å². The van der Waals surface area contributed by atoms with Crippen LogP contribution in [0, 0.1) is 13.8 Å². The van der Waals surface area contributed by atoms with Crippen LogP contribution in [-0.2, 0) is 6.61 Å². The van der Waals surface area contributed by atoms with Gasteiger partial charge in [0.15, 0.2) is 0 Å². The van der Waals surface area contributed by atoms with Crippen LogP contribution in [0.2, 0.25) is 0 Å². The number of ether oxygens (including phenoxy) is 2. The van der Waals surface area contributed by atoms with Crippen LogP contribution in [0.15, 0.2) is 54.2 Å². The van der Waals surface area contributed by atoms with E-state index in [0.29, 0.717) is 6.61 Å². The summed E-state index contributed by atoms with van der Waals surface area (Å²) in [6.45, 7) is 4.55. The molecule has 128 valence electrons. The predicted octanol–water partition coefficient (Wildman–Crippen LogP) is 3.36. The lowest BCUT2D eigenvalue weighted by atomic mass is 10.1. The highest BCUT2D eigenvalue weighted by atomic mass is 16.5. The van der Waals surface area contributed by atoms with E-state index in [4.69, 9.17) is 9.47 Å². The van der Waals surface area contributed by atoms with Crippen LogP contribution in [-0.4, -0.2) is 28.2 Å². The molecule has 3 aromatic rings. The van der Waals surface area contributed by atoms with Gasteiger partial charge >= 0.3 is 0 Å². The maximum absolute atomic E-state index is 6.00. The highest BCUT2D eigenvalue weighted by Crippen LogP contribution is 2.25. The Morgan fingerprint density at radius 1 is 1.08 bits per heavy atom. The summed E-state index contributed by atoms with van der Waals surface area (Å²) in [7, 11) is 1.65. The fraction of sp³-hybridized carbons (Fsp3) is 0.211. The Hall–Kier alpha value is -3.15. The largest absolute Gasteiger partial charge is 0.496 e. The van der Waals surface area contributed by atoms with Gasteiger partial charge in [-0.25, -0.2) is 4.68 Å². The highest BCUT2D eigenvalue weighted by molar-refractivity contribution is 5.80. The molecule has 0 N–H and O–H groups in total. The molecule has 0 aliphatic heterocycles. The number of aromatic nitrogens is 3.